The summed E-state index contributed by atoms with van der Waals surface area (Å²) in [6, 6.07) is 4.48. The number of carbonyl (C=O) groups excluding carboxylic acids is 4. The minimum absolute atomic E-state index is 0.0582. The van der Waals surface area contributed by atoms with Crippen LogP contribution in [0.1, 0.15) is 56.9 Å². The quantitative estimate of drug-likeness (QED) is 0.0891. The Morgan fingerprint density at radius 3 is 1.82 bits per heavy atom. The van der Waals surface area contributed by atoms with E-state index in [9.17, 15) is 29.1 Å². The number of primary amides is 1. The molecule has 4 amide bonds. The maximum atomic E-state index is 13.3. The van der Waals surface area contributed by atoms with Gasteiger partial charge in [-0.25, -0.2) is 4.79 Å². The van der Waals surface area contributed by atoms with Crippen LogP contribution in [0.15, 0.2) is 30.3 Å². The normalized spacial score (nSPS) is 13.9. The Labute approximate surface area is 228 Å². The van der Waals surface area contributed by atoms with Crippen LogP contribution >= 0.6 is 0 Å². The standard InChI is InChI=1S/C26H43N7O6/c27-14-6-4-10-18(29)23(35)31-19(11-5-7-15-28)24(36)33-21(16-17-8-2-1-3-9-17)25(37)32-20(26(38)39)12-13-22(30)34/h1-3,8-9,18-21H,4-7,10-16,27-29H2,(H2,30,34)(H,31,35)(H,32,37)(H,33,36)(H,38,39). The summed E-state index contributed by atoms with van der Waals surface area (Å²) in [5, 5.41) is 17.2. The van der Waals surface area contributed by atoms with Gasteiger partial charge in [0.15, 0.2) is 0 Å². The number of aliphatic carboxylic acids is 1. The molecule has 0 fully saturated rings. The van der Waals surface area contributed by atoms with Crippen molar-refractivity contribution in [1.82, 2.24) is 16.0 Å². The van der Waals surface area contributed by atoms with E-state index < -0.39 is 53.8 Å². The van der Waals surface area contributed by atoms with Crippen LogP contribution in [-0.4, -0.2) is 72.0 Å². The summed E-state index contributed by atoms with van der Waals surface area (Å²) in [5.41, 5.74) is 22.9. The summed E-state index contributed by atoms with van der Waals surface area (Å²) in [4.78, 5) is 62.0. The SMILES string of the molecule is NCCCCC(N)C(=O)NC(CCCCN)C(=O)NC(Cc1ccccc1)C(=O)NC(CCC(N)=O)C(=O)O. The molecule has 1 rings (SSSR count). The van der Waals surface area contributed by atoms with Crippen molar-refractivity contribution in [3.05, 3.63) is 35.9 Å². The third kappa shape index (κ3) is 13.7. The van der Waals surface area contributed by atoms with Crippen LogP contribution in [0.4, 0.5) is 0 Å². The smallest absolute Gasteiger partial charge is 0.326 e. The molecule has 0 spiro atoms. The molecule has 13 heteroatoms. The van der Waals surface area contributed by atoms with Crippen molar-refractivity contribution in [2.45, 2.75) is 82.0 Å². The molecule has 4 atom stereocenters. The summed E-state index contributed by atoms with van der Waals surface area (Å²) in [7, 11) is 0. The van der Waals surface area contributed by atoms with E-state index in [1.165, 1.54) is 0 Å². The van der Waals surface area contributed by atoms with Gasteiger partial charge in [-0.3, -0.25) is 19.2 Å². The van der Waals surface area contributed by atoms with E-state index in [1.807, 2.05) is 0 Å². The maximum Gasteiger partial charge on any atom is 0.326 e. The van der Waals surface area contributed by atoms with Gasteiger partial charge >= 0.3 is 5.97 Å². The fourth-order valence-corrected chi connectivity index (χ4v) is 3.83. The summed E-state index contributed by atoms with van der Waals surface area (Å²) in [6.45, 7) is 0.885. The van der Waals surface area contributed by atoms with Gasteiger partial charge in [-0.05, 0) is 57.2 Å². The Morgan fingerprint density at radius 2 is 1.26 bits per heavy atom. The molecule has 13 nitrogen and oxygen atoms in total. The van der Waals surface area contributed by atoms with Crippen LogP contribution in [0.3, 0.4) is 0 Å². The van der Waals surface area contributed by atoms with Gasteiger partial charge in [0.05, 0.1) is 6.04 Å². The molecule has 0 radical (unpaired) electrons. The molecule has 0 bridgehead atoms. The number of hydrogen-bond donors (Lipinski definition) is 8. The second-order valence-electron chi connectivity index (χ2n) is 9.39. The molecular formula is C26H43N7O6. The molecule has 0 saturated carbocycles. The van der Waals surface area contributed by atoms with Crippen molar-refractivity contribution in [3.63, 3.8) is 0 Å². The highest BCUT2D eigenvalue weighted by Gasteiger charge is 2.30. The first-order valence-electron chi connectivity index (χ1n) is 13.2. The number of hydrogen-bond acceptors (Lipinski definition) is 8. The predicted octanol–water partition coefficient (Wildman–Crippen LogP) is -1.38. The molecule has 12 N–H and O–H groups in total. The summed E-state index contributed by atoms with van der Waals surface area (Å²) < 4.78 is 0. The lowest BCUT2D eigenvalue weighted by atomic mass is 10.0. The molecule has 0 aliphatic heterocycles. The number of nitrogens with one attached hydrogen (secondary N) is 3. The Hall–Kier alpha value is -3.55. The first-order chi connectivity index (χ1) is 18.6. The highest BCUT2D eigenvalue weighted by Crippen LogP contribution is 2.08. The second kappa shape index (κ2) is 18.7. The number of amides is 4. The first kappa shape index (κ1) is 33.5. The third-order valence-electron chi connectivity index (χ3n) is 6.10. The minimum Gasteiger partial charge on any atom is -0.480 e. The molecule has 0 saturated heterocycles. The second-order valence-corrected chi connectivity index (χ2v) is 9.39. The van der Waals surface area contributed by atoms with Crippen LogP contribution in [0.2, 0.25) is 0 Å². The number of nitrogens with two attached hydrogens (primary N) is 4. The summed E-state index contributed by atoms with van der Waals surface area (Å²) >= 11 is 0. The number of carbonyl (C=O) groups is 5. The topological polar surface area (TPSA) is 246 Å². The zero-order chi connectivity index (χ0) is 29.2. The average Bonchev–Trinajstić information content (AvgIpc) is 2.90. The number of carboxylic acids is 1. The number of unbranched alkanes of at least 4 members (excludes halogenated alkanes) is 2. The van der Waals surface area contributed by atoms with Crippen molar-refractivity contribution < 1.29 is 29.1 Å². The first-order valence-corrected chi connectivity index (χ1v) is 13.2. The van der Waals surface area contributed by atoms with E-state index >= 15 is 0 Å². The van der Waals surface area contributed by atoms with Crippen molar-refractivity contribution in [2.24, 2.45) is 22.9 Å². The van der Waals surface area contributed by atoms with Crippen molar-refractivity contribution in [1.29, 1.82) is 0 Å². The van der Waals surface area contributed by atoms with Crippen LogP contribution in [-0.2, 0) is 30.4 Å². The third-order valence-corrected chi connectivity index (χ3v) is 6.10. The lowest BCUT2D eigenvalue weighted by Crippen LogP contribution is -2.57. The largest absolute Gasteiger partial charge is 0.480 e. The fourth-order valence-electron chi connectivity index (χ4n) is 3.83. The van der Waals surface area contributed by atoms with Gasteiger partial charge in [-0.1, -0.05) is 36.8 Å². The average molecular weight is 550 g/mol. The Balaban J connectivity index is 3.07. The van der Waals surface area contributed by atoms with Gasteiger partial charge in [0, 0.05) is 12.8 Å². The van der Waals surface area contributed by atoms with E-state index in [1.54, 1.807) is 30.3 Å². The van der Waals surface area contributed by atoms with Crippen molar-refractivity contribution >= 4 is 29.6 Å². The molecule has 0 aromatic heterocycles. The minimum atomic E-state index is -1.38. The van der Waals surface area contributed by atoms with Gasteiger partial charge < -0.3 is 44.0 Å². The van der Waals surface area contributed by atoms with Crippen LogP contribution in [0.25, 0.3) is 0 Å². The number of benzene rings is 1. The molecule has 218 valence electrons. The molecule has 1 aromatic rings. The summed E-state index contributed by atoms with van der Waals surface area (Å²) in [5.74, 6) is -3.92. The molecule has 0 aliphatic rings. The molecule has 39 heavy (non-hydrogen) atoms. The van der Waals surface area contributed by atoms with Gasteiger partial charge in [0.2, 0.25) is 23.6 Å². The fraction of sp³-hybridized carbons (Fsp3) is 0.577. The van der Waals surface area contributed by atoms with E-state index in [0.717, 1.165) is 0 Å². The van der Waals surface area contributed by atoms with E-state index in [-0.39, 0.29) is 25.7 Å². The van der Waals surface area contributed by atoms with Gasteiger partial charge in [-0.15, -0.1) is 0 Å². The van der Waals surface area contributed by atoms with Crippen LogP contribution < -0.4 is 38.9 Å². The Bertz CT molecular complexity index is 931. The zero-order valence-corrected chi connectivity index (χ0v) is 22.3. The highest BCUT2D eigenvalue weighted by atomic mass is 16.4. The zero-order valence-electron chi connectivity index (χ0n) is 22.3. The van der Waals surface area contributed by atoms with Crippen molar-refractivity contribution in [3.8, 4) is 0 Å². The lowest BCUT2D eigenvalue weighted by Gasteiger charge is -2.25. The lowest BCUT2D eigenvalue weighted by molar-refractivity contribution is -0.142. The molecule has 1 aromatic carbocycles. The van der Waals surface area contributed by atoms with E-state index in [0.29, 0.717) is 50.8 Å². The Kier molecular flexibility index (Phi) is 16.0. The molecular weight excluding hydrogens is 506 g/mol. The summed E-state index contributed by atoms with van der Waals surface area (Å²) in [6.07, 6.45) is 2.82. The molecule has 4 unspecified atom stereocenters. The number of rotatable bonds is 20. The highest BCUT2D eigenvalue weighted by molar-refractivity contribution is 5.94. The van der Waals surface area contributed by atoms with E-state index in [2.05, 4.69) is 16.0 Å². The van der Waals surface area contributed by atoms with E-state index in [4.69, 9.17) is 22.9 Å². The Morgan fingerprint density at radius 1 is 0.718 bits per heavy atom. The monoisotopic (exact) mass is 549 g/mol. The number of carboxylic acid groups (broad SMARTS) is 1. The van der Waals surface area contributed by atoms with Gasteiger partial charge in [-0.2, -0.15) is 0 Å². The van der Waals surface area contributed by atoms with Gasteiger partial charge in [0.25, 0.3) is 0 Å². The van der Waals surface area contributed by atoms with Crippen LogP contribution in [0, 0.1) is 0 Å². The molecule has 0 heterocycles. The van der Waals surface area contributed by atoms with Crippen molar-refractivity contribution in [2.75, 3.05) is 13.1 Å². The maximum absolute atomic E-state index is 13.3. The van der Waals surface area contributed by atoms with Crippen LogP contribution in [0.5, 0.6) is 0 Å². The van der Waals surface area contributed by atoms with Gasteiger partial charge in [0.1, 0.15) is 18.1 Å². The molecule has 0 aliphatic carbocycles. The predicted molar refractivity (Wildman–Crippen MR) is 146 cm³/mol.